The first-order valence-electron chi connectivity index (χ1n) is 6.12. The van der Waals surface area contributed by atoms with Crippen LogP contribution in [0.4, 0.5) is 11.4 Å². The molecule has 1 aliphatic rings. The lowest BCUT2D eigenvalue weighted by Crippen LogP contribution is -2.11. The van der Waals surface area contributed by atoms with Gasteiger partial charge in [-0.05, 0) is 35.9 Å². The average Bonchev–Trinajstić information content (AvgIpc) is 2.79. The van der Waals surface area contributed by atoms with E-state index in [4.69, 9.17) is 10.9 Å². The fourth-order valence-electron chi connectivity index (χ4n) is 1.82. The second-order valence-corrected chi connectivity index (χ2v) is 6.06. The molecule has 6 nitrogen and oxygen atoms in total. The number of nitrogens with one attached hydrogen (secondary N) is 1. The van der Waals surface area contributed by atoms with E-state index in [2.05, 4.69) is 5.32 Å². The zero-order chi connectivity index (χ0) is 15.5. The van der Waals surface area contributed by atoms with Crippen LogP contribution < -0.4 is 16.2 Å². The van der Waals surface area contributed by atoms with Crippen molar-refractivity contribution < 1.29 is 13.2 Å². The molecule has 0 spiro atoms. The van der Waals surface area contributed by atoms with E-state index >= 15 is 0 Å². The monoisotopic (exact) mass is 305 g/mol. The number of hydrogen-bond acceptors (Lipinski definition) is 4. The van der Waals surface area contributed by atoms with E-state index in [1.807, 2.05) is 24.3 Å². The summed E-state index contributed by atoms with van der Waals surface area (Å²) in [4.78, 5) is 10.9. The largest absolute Gasteiger partial charge is 0.399 e. The molecule has 1 aliphatic heterocycles. The third-order valence-corrected chi connectivity index (χ3v) is 3.78. The van der Waals surface area contributed by atoms with Crippen molar-refractivity contribution in [1.82, 2.24) is 0 Å². The summed E-state index contributed by atoms with van der Waals surface area (Å²) in [5.41, 5.74) is 7.92. The molecule has 0 aliphatic carbocycles. The van der Waals surface area contributed by atoms with Crippen molar-refractivity contribution in [2.24, 2.45) is 5.14 Å². The Morgan fingerprint density at radius 1 is 1.00 bits per heavy atom. The van der Waals surface area contributed by atoms with Crippen LogP contribution in [0.3, 0.4) is 0 Å². The molecule has 1 amide bonds. The Morgan fingerprint density at radius 3 is 2.19 bits per heavy atom. The van der Waals surface area contributed by atoms with Gasteiger partial charge in [0.25, 0.3) is 0 Å². The van der Waals surface area contributed by atoms with Gasteiger partial charge < -0.3 is 11.1 Å². The molecule has 0 unspecified atom stereocenters. The number of carbonyl (C=O) groups excluding carboxylic acids is 1. The predicted octanol–water partition coefficient (Wildman–Crippen LogP) is 1.10. The van der Waals surface area contributed by atoms with Crippen LogP contribution >= 0.6 is 0 Å². The molecule has 1 heterocycles. The van der Waals surface area contributed by atoms with Gasteiger partial charge in [-0.25, -0.2) is 13.6 Å². The summed E-state index contributed by atoms with van der Waals surface area (Å²) in [5.74, 6) is 0.0983. The zero-order valence-corrected chi connectivity index (χ0v) is 11.9. The van der Waals surface area contributed by atoms with Gasteiger partial charge >= 0.3 is 0 Å². The molecule has 110 valence electrons. The summed E-state index contributed by atoms with van der Waals surface area (Å²) >= 11 is 0. The molecule has 3 rings (SSSR count). The highest BCUT2D eigenvalue weighted by molar-refractivity contribution is 7.89. The number of nitrogen functional groups attached to an aromatic ring is 1. The first kappa shape index (κ1) is 15.0. The minimum Gasteiger partial charge on any atom is -0.399 e. The number of sulfonamides is 1. The van der Waals surface area contributed by atoms with E-state index in [0.717, 1.165) is 11.3 Å². The minimum atomic E-state index is -3.58. The number of nitrogens with two attached hydrogens (primary N) is 2. The first-order chi connectivity index (χ1) is 9.86. The molecule has 2 aromatic carbocycles. The van der Waals surface area contributed by atoms with Gasteiger partial charge in [-0.3, -0.25) is 4.79 Å². The topological polar surface area (TPSA) is 115 Å². The van der Waals surface area contributed by atoms with Crippen molar-refractivity contribution in [3.8, 4) is 0 Å². The fraction of sp³-hybridized carbons (Fsp3) is 0.0714. The Hall–Kier alpha value is -2.38. The highest BCUT2D eigenvalue weighted by Crippen LogP contribution is 2.21. The molecule has 7 heteroatoms. The summed E-state index contributed by atoms with van der Waals surface area (Å²) in [6.07, 6.45) is 0.538. The lowest BCUT2D eigenvalue weighted by atomic mass is 10.2. The Morgan fingerprint density at radius 2 is 1.62 bits per heavy atom. The van der Waals surface area contributed by atoms with E-state index in [-0.39, 0.29) is 10.8 Å². The standard InChI is InChI=1S/C8H7NO.C6H8N2O2S/c10-8-5-6-3-1-2-4-7(6)9-8;7-5-1-3-6(4-2-5)11(8,9)10/h1-4H,5H2,(H,9,10);1-4H,7H2,(H2,8,9,10). The second-order valence-electron chi connectivity index (χ2n) is 4.50. The summed E-state index contributed by atoms with van der Waals surface area (Å²) < 4.78 is 21.4. The van der Waals surface area contributed by atoms with Crippen LogP contribution in [0.15, 0.2) is 53.4 Å². The van der Waals surface area contributed by atoms with Gasteiger partial charge in [-0.2, -0.15) is 0 Å². The van der Waals surface area contributed by atoms with Crippen LogP contribution in [-0.4, -0.2) is 14.3 Å². The van der Waals surface area contributed by atoms with Crippen molar-refractivity contribution in [3.05, 3.63) is 54.1 Å². The molecule has 2 aromatic rings. The van der Waals surface area contributed by atoms with Crippen LogP contribution in [0, 0.1) is 0 Å². The minimum absolute atomic E-state index is 0.0756. The zero-order valence-electron chi connectivity index (χ0n) is 11.1. The number of benzene rings is 2. The van der Waals surface area contributed by atoms with E-state index in [9.17, 15) is 13.2 Å². The molecule has 5 N–H and O–H groups in total. The van der Waals surface area contributed by atoms with E-state index in [1.165, 1.54) is 24.3 Å². The van der Waals surface area contributed by atoms with E-state index in [1.54, 1.807) is 0 Å². The van der Waals surface area contributed by atoms with Crippen molar-refractivity contribution in [2.45, 2.75) is 11.3 Å². The summed E-state index contributed by atoms with van der Waals surface area (Å²) in [6, 6.07) is 13.5. The molecular formula is C14H15N3O3S. The van der Waals surface area contributed by atoms with Crippen molar-refractivity contribution in [3.63, 3.8) is 0 Å². The summed E-state index contributed by atoms with van der Waals surface area (Å²) in [5, 5.41) is 7.60. The number of para-hydroxylation sites is 1. The number of fused-ring (bicyclic) bond motifs is 1. The molecule has 0 radical (unpaired) electrons. The van der Waals surface area contributed by atoms with Crippen molar-refractivity contribution in [1.29, 1.82) is 0 Å². The molecule has 21 heavy (non-hydrogen) atoms. The highest BCUT2D eigenvalue weighted by atomic mass is 32.2. The number of anilines is 2. The molecule has 0 atom stereocenters. The smallest absolute Gasteiger partial charge is 0.238 e. The normalized spacial score (nSPS) is 12.9. The third-order valence-electron chi connectivity index (χ3n) is 2.85. The van der Waals surface area contributed by atoms with E-state index in [0.29, 0.717) is 12.1 Å². The summed E-state index contributed by atoms with van der Waals surface area (Å²) in [6.45, 7) is 0. The average molecular weight is 305 g/mol. The van der Waals surface area contributed by atoms with Crippen LogP contribution in [-0.2, 0) is 21.2 Å². The molecule has 0 bridgehead atoms. The van der Waals surface area contributed by atoms with Crippen LogP contribution in [0.2, 0.25) is 0 Å². The molecule has 0 saturated heterocycles. The highest BCUT2D eigenvalue weighted by Gasteiger charge is 2.15. The Balaban J connectivity index is 0.000000154. The van der Waals surface area contributed by atoms with Crippen molar-refractivity contribution in [2.75, 3.05) is 11.1 Å². The number of rotatable bonds is 1. The number of amides is 1. The molecule has 0 aromatic heterocycles. The number of carbonyl (C=O) groups is 1. The van der Waals surface area contributed by atoms with Gasteiger partial charge in [0.15, 0.2) is 0 Å². The first-order valence-corrected chi connectivity index (χ1v) is 7.67. The Bertz CT molecular complexity index is 728. The van der Waals surface area contributed by atoms with Crippen LogP contribution in [0.5, 0.6) is 0 Å². The van der Waals surface area contributed by atoms with Crippen LogP contribution in [0.1, 0.15) is 5.56 Å². The maximum atomic E-state index is 10.8. The Kier molecular flexibility index (Phi) is 4.25. The van der Waals surface area contributed by atoms with Crippen LogP contribution in [0.25, 0.3) is 0 Å². The lowest BCUT2D eigenvalue weighted by Gasteiger charge is -1.96. The van der Waals surface area contributed by atoms with Gasteiger partial charge in [-0.15, -0.1) is 0 Å². The lowest BCUT2D eigenvalue weighted by molar-refractivity contribution is -0.115. The number of primary sulfonamides is 1. The van der Waals surface area contributed by atoms with Gasteiger partial charge in [0.05, 0.1) is 11.3 Å². The van der Waals surface area contributed by atoms with Gasteiger partial charge in [0.2, 0.25) is 15.9 Å². The molecular weight excluding hydrogens is 290 g/mol. The van der Waals surface area contributed by atoms with Gasteiger partial charge in [0.1, 0.15) is 0 Å². The SMILES string of the molecule is Nc1ccc(S(N)(=O)=O)cc1.O=C1Cc2ccccc2N1. The maximum absolute atomic E-state index is 10.8. The fourth-order valence-corrected chi connectivity index (χ4v) is 2.34. The molecule has 0 saturated carbocycles. The van der Waals surface area contributed by atoms with Gasteiger partial charge in [-0.1, -0.05) is 18.2 Å². The van der Waals surface area contributed by atoms with Gasteiger partial charge in [0, 0.05) is 11.4 Å². The third kappa shape index (κ3) is 4.04. The van der Waals surface area contributed by atoms with Crippen molar-refractivity contribution >= 4 is 27.3 Å². The second kappa shape index (κ2) is 5.94. The number of hydrogen-bond donors (Lipinski definition) is 3. The predicted molar refractivity (Wildman–Crippen MR) is 81.0 cm³/mol. The summed E-state index contributed by atoms with van der Waals surface area (Å²) in [7, 11) is -3.58. The molecule has 0 fully saturated rings. The Labute approximate surface area is 122 Å². The quantitative estimate of drug-likeness (QED) is 0.684. The maximum Gasteiger partial charge on any atom is 0.238 e. The van der Waals surface area contributed by atoms with E-state index < -0.39 is 10.0 Å².